The van der Waals surface area contributed by atoms with Crippen molar-refractivity contribution in [2.75, 3.05) is 6.61 Å². The molecule has 0 fully saturated rings. The summed E-state index contributed by atoms with van der Waals surface area (Å²) in [5.74, 6) is -0.232. The van der Waals surface area contributed by atoms with Gasteiger partial charge < -0.3 is 5.11 Å². The molecule has 0 aliphatic rings. The number of hydrogen-bond donors (Lipinski definition) is 1. The zero-order chi connectivity index (χ0) is 13.0. The summed E-state index contributed by atoms with van der Waals surface area (Å²) in [6.07, 6.45) is 0.688. The van der Waals surface area contributed by atoms with E-state index in [0.29, 0.717) is 6.42 Å². The highest BCUT2D eigenvalue weighted by molar-refractivity contribution is 5.29. The minimum Gasteiger partial charge on any atom is -0.395 e. The van der Waals surface area contributed by atoms with Gasteiger partial charge in [-0.15, -0.1) is 0 Å². The Morgan fingerprint density at radius 2 is 1.61 bits per heavy atom. The third-order valence-electron chi connectivity index (χ3n) is 3.33. The molecule has 0 saturated carbocycles. The van der Waals surface area contributed by atoms with E-state index in [2.05, 4.69) is 0 Å². The third kappa shape index (κ3) is 2.77. The van der Waals surface area contributed by atoms with Crippen LogP contribution in [0.1, 0.15) is 18.1 Å². The summed E-state index contributed by atoms with van der Waals surface area (Å²) in [6.45, 7) is 2.08. The lowest BCUT2D eigenvalue weighted by molar-refractivity contribution is 0.204. The van der Waals surface area contributed by atoms with Crippen molar-refractivity contribution in [1.82, 2.24) is 0 Å². The van der Waals surface area contributed by atoms with Gasteiger partial charge in [-0.25, -0.2) is 4.39 Å². The molecule has 1 atom stereocenters. The van der Waals surface area contributed by atoms with Gasteiger partial charge in [0.1, 0.15) is 5.82 Å². The molecule has 0 saturated heterocycles. The summed E-state index contributed by atoms with van der Waals surface area (Å²) >= 11 is 0. The number of aliphatic hydroxyl groups excluding tert-OH is 1. The summed E-state index contributed by atoms with van der Waals surface area (Å²) in [6, 6.07) is 16.4. The number of benzene rings is 2. The second-order valence-electron chi connectivity index (χ2n) is 4.89. The second-order valence-corrected chi connectivity index (χ2v) is 4.89. The Kier molecular flexibility index (Phi) is 3.78. The Hall–Kier alpha value is -1.67. The largest absolute Gasteiger partial charge is 0.395 e. The van der Waals surface area contributed by atoms with Crippen molar-refractivity contribution in [2.24, 2.45) is 0 Å². The van der Waals surface area contributed by atoms with E-state index < -0.39 is 0 Å². The Labute approximate surface area is 107 Å². The smallest absolute Gasteiger partial charge is 0.123 e. The van der Waals surface area contributed by atoms with E-state index >= 15 is 0 Å². The molecule has 0 aliphatic heterocycles. The fraction of sp³-hybridized carbons (Fsp3) is 0.250. The lowest BCUT2D eigenvalue weighted by atomic mass is 9.78. The van der Waals surface area contributed by atoms with Gasteiger partial charge in [-0.3, -0.25) is 0 Å². The van der Waals surface area contributed by atoms with E-state index in [-0.39, 0.29) is 17.8 Å². The van der Waals surface area contributed by atoms with Crippen molar-refractivity contribution in [3.63, 3.8) is 0 Å². The summed E-state index contributed by atoms with van der Waals surface area (Å²) in [5.41, 5.74) is 1.78. The quantitative estimate of drug-likeness (QED) is 0.874. The van der Waals surface area contributed by atoms with E-state index in [1.807, 2.05) is 37.3 Å². The van der Waals surface area contributed by atoms with Crippen molar-refractivity contribution >= 4 is 0 Å². The van der Waals surface area contributed by atoms with Crippen LogP contribution in [0, 0.1) is 5.82 Å². The molecule has 0 heterocycles. The monoisotopic (exact) mass is 244 g/mol. The van der Waals surface area contributed by atoms with Gasteiger partial charge in [0.2, 0.25) is 0 Å². The van der Waals surface area contributed by atoms with E-state index in [4.69, 9.17) is 0 Å². The topological polar surface area (TPSA) is 20.2 Å². The summed E-state index contributed by atoms with van der Waals surface area (Å²) in [4.78, 5) is 0. The minimum atomic E-state index is -0.334. The van der Waals surface area contributed by atoms with Crippen LogP contribution >= 0.6 is 0 Å². The first-order valence-electron chi connectivity index (χ1n) is 6.05. The van der Waals surface area contributed by atoms with Gasteiger partial charge >= 0.3 is 0 Å². The molecule has 0 amide bonds. The van der Waals surface area contributed by atoms with Crippen LogP contribution in [-0.2, 0) is 11.8 Å². The van der Waals surface area contributed by atoms with Crippen LogP contribution in [0.4, 0.5) is 4.39 Å². The predicted octanol–water partition coefficient (Wildman–Crippen LogP) is 3.32. The van der Waals surface area contributed by atoms with Gasteiger partial charge in [-0.2, -0.15) is 0 Å². The highest BCUT2D eigenvalue weighted by Gasteiger charge is 2.25. The lowest BCUT2D eigenvalue weighted by Gasteiger charge is -2.28. The number of rotatable bonds is 4. The highest BCUT2D eigenvalue weighted by Crippen LogP contribution is 2.27. The van der Waals surface area contributed by atoms with Gasteiger partial charge in [0.25, 0.3) is 0 Å². The molecule has 0 aromatic heterocycles. The maximum absolute atomic E-state index is 12.9. The third-order valence-corrected chi connectivity index (χ3v) is 3.33. The molecular formula is C16H17FO. The van der Waals surface area contributed by atoms with E-state index in [9.17, 15) is 9.50 Å². The van der Waals surface area contributed by atoms with E-state index in [1.54, 1.807) is 12.1 Å². The maximum Gasteiger partial charge on any atom is 0.123 e. The SMILES string of the molecule is CC(CO)(Cc1ccc(F)cc1)c1ccccc1. The lowest BCUT2D eigenvalue weighted by Crippen LogP contribution is -2.29. The van der Waals surface area contributed by atoms with Crippen LogP contribution in [0.2, 0.25) is 0 Å². The molecule has 0 aliphatic carbocycles. The molecule has 0 radical (unpaired) electrons. The van der Waals surface area contributed by atoms with Gasteiger partial charge in [0.05, 0.1) is 6.61 Å². The van der Waals surface area contributed by atoms with Crippen molar-refractivity contribution < 1.29 is 9.50 Å². The average molecular weight is 244 g/mol. The van der Waals surface area contributed by atoms with Crippen molar-refractivity contribution in [3.05, 3.63) is 71.5 Å². The Balaban J connectivity index is 2.26. The molecule has 1 N–H and O–H groups in total. The molecule has 2 aromatic rings. The maximum atomic E-state index is 12.9. The van der Waals surface area contributed by atoms with Crippen molar-refractivity contribution in [3.8, 4) is 0 Å². The van der Waals surface area contributed by atoms with Gasteiger partial charge in [0.15, 0.2) is 0 Å². The first-order valence-corrected chi connectivity index (χ1v) is 6.05. The predicted molar refractivity (Wildman–Crippen MR) is 71.0 cm³/mol. The zero-order valence-electron chi connectivity index (χ0n) is 10.4. The average Bonchev–Trinajstić information content (AvgIpc) is 2.42. The highest BCUT2D eigenvalue weighted by atomic mass is 19.1. The van der Waals surface area contributed by atoms with Crippen LogP contribution < -0.4 is 0 Å². The van der Waals surface area contributed by atoms with Crippen molar-refractivity contribution in [1.29, 1.82) is 0 Å². The number of aliphatic hydroxyl groups is 1. The van der Waals surface area contributed by atoms with E-state index in [1.165, 1.54) is 12.1 Å². The summed E-state index contributed by atoms with van der Waals surface area (Å²) in [7, 11) is 0. The van der Waals surface area contributed by atoms with Crippen molar-refractivity contribution in [2.45, 2.75) is 18.8 Å². The molecular weight excluding hydrogens is 227 g/mol. The van der Waals surface area contributed by atoms with E-state index in [0.717, 1.165) is 11.1 Å². The van der Waals surface area contributed by atoms with Crippen LogP contribution in [0.25, 0.3) is 0 Å². The Morgan fingerprint density at radius 1 is 1.00 bits per heavy atom. The van der Waals surface area contributed by atoms with Crippen LogP contribution in [0.3, 0.4) is 0 Å². The molecule has 2 heteroatoms. The molecule has 1 nitrogen and oxygen atoms in total. The molecule has 0 bridgehead atoms. The molecule has 94 valence electrons. The Bertz CT molecular complexity index is 492. The number of hydrogen-bond acceptors (Lipinski definition) is 1. The first-order chi connectivity index (χ1) is 8.64. The van der Waals surface area contributed by atoms with Gasteiger partial charge in [-0.05, 0) is 29.7 Å². The van der Waals surface area contributed by atoms with Crippen LogP contribution in [0.5, 0.6) is 0 Å². The van der Waals surface area contributed by atoms with Crippen LogP contribution in [0.15, 0.2) is 54.6 Å². The summed E-state index contributed by atoms with van der Waals surface area (Å²) < 4.78 is 12.9. The van der Waals surface area contributed by atoms with Crippen LogP contribution in [-0.4, -0.2) is 11.7 Å². The molecule has 2 aromatic carbocycles. The molecule has 0 spiro atoms. The summed E-state index contributed by atoms with van der Waals surface area (Å²) in [5, 5.41) is 9.68. The molecule has 18 heavy (non-hydrogen) atoms. The standard InChI is InChI=1S/C16H17FO/c1-16(12-18,14-5-3-2-4-6-14)11-13-7-9-15(17)10-8-13/h2-10,18H,11-12H2,1H3. The fourth-order valence-electron chi connectivity index (χ4n) is 2.14. The fourth-order valence-corrected chi connectivity index (χ4v) is 2.14. The number of halogens is 1. The molecule has 2 rings (SSSR count). The normalized spacial score (nSPS) is 14.2. The Morgan fingerprint density at radius 3 is 2.17 bits per heavy atom. The van der Waals surface area contributed by atoms with Gasteiger partial charge in [-0.1, -0.05) is 49.4 Å². The first kappa shape index (κ1) is 12.8. The molecule has 1 unspecified atom stereocenters. The van der Waals surface area contributed by atoms with Gasteiger partial charge in [0, 0.05) is 5.41 Å². The minimum absolute atomic E-state index is 0.0639. The second kappa shape index (κ2) is 5.32. The zero-order valence-corrected chi connectivity index (χ0v) is 10.4.